The van der Waals surface area contributed by atoms with E-state index in [2.05, 4.69) is 15.3 Å². The van der Waals surface area contributed by atoms with Gasteiger partial charge in [0.25, 0.3) is 0 Å². The third kappa shape index (κ3) is 4.19. The van der Waals surface area contributed by atoms with Crippen molar-refractivity contribution in [2.45, 2.75) is 33.6 Å². The molecule has 1 atom stereocenters. The second-order valence-corrected chi connectivity index (χ2v) is 7.33. The van der Waals surface area contributed by atoms with Gasteiger partial charge in [-0.25, -0.2) is 9.97 Å². The number of aromatic nitrogens is 3. The fourth-order valence-electron chi connectivity index (χ4n) is 3.03. The van der Waals surface area contributed by atoms with Crippen molar-refractivity contribution in [3.8, 4) is 10.6 Å². The summed E-state index contributed by atoms with van der Waals surface area (Å²) in [6.45, 7) is 6.58. The second kappa shape index (κ2) is 7.26. The lowest BCUT2D eigenvalue weighted by Crippen LogP contribution is -2.26. The van der Waals surface area contributed by atoms with Crippen LogP contribution in [-0.4, -0.2) is 44.8 Å². The van der Waals surface area contributed by atoms with Gasteiger partial charge in [0, 0.05) is 33.1 Å². The van der Waals surface area contributed by atoms with E-state index in [-0.39, 0.29) is 11.8 Å². The quantitative estimate of drug-likeness (QED) is 0.905. The topological polar surface area (TPSA) is 88.1 Å². The van der Waals surface area contributed by atoms with Crippen molar-refractivity contribution in [1.29, 1.82) is 0 Å². The number of likely N-dealkylation sites (tertiary alicyclic amines) is 1. The Morgan fingerprint density at radius 2 is 2.12 bits per heavy atom. The summed E-state index contributed by atoms with van der Waals surface area (Å²) in [4.78, 5) is 38.9. The van der Waals surface area contributed by atoms with Gasteiger partial charge in [0.15, 0.2) is 5.13 Å². The number of thiazole rings is 1. The van der Waals surface area contributed by atoms with Gasteiger partial charge >= 0.3 is 0 Å². The van der Waals surface area contributed by atoms with E-state index in [0.717, 1.165) is 47.9 Å². The summed E-state index contributed by atoms with van der Waals surface area (Å²) in [5.41, 5.74) is 2.51. The van der Waals surface area contributed by atoms with Gasteiger partial charge in [0.2, 0.25) is 11.8 Å². The van der Waals surface area contributed by atoms with Crippen LogP contribution in [0.2, 0.25) is 0 Å². The van der Waals surface area contributed by atoms with Crippen LogP contribution >= 0.6 is 11.3 Å². The molecule has 1 unspecified atom stereocenters. The van der Waals surface area contributed by atoms with Gasteiger partial charge in [-0.1, -0.05) is 11.3 Å². The second-order valence-electron chi connectivity index (χ2n) is 6.33. The Bertz CT molecular complexity index is 804. The minimum absolute atomic E-state index is 0.133. The number of carbonyl (C=O) groups excluding carboxylic acids is 2. The number of nitrogens with one attached hydrogen (secondary N) is 1. The summed E-state index contributed by atoms with van der Waals surface area (Å²) in [6.07, 6.45) is 5.31. The third-order valence-corrected chi connectivity index (χ3v) is 5.32. The van der Waals surface area contributed by atoms with E-state index in [0.29, 0.717) is 11.0 Å². The first-order chi connectivity index (χ1) is 11.9. The van der Waals surface area contributed by atoms with Crippen molar-refractivity contribution in [2.75, 3.05) is 18.4 Å². The zero-order chi connectivity index (χ0) is 18.0. The summed E-state index contributed by atoms with van der Waals surface area (Å²) < 4.78 is 0. The van der Waals surface area contributed by atoms with Gasteiger partial charge in [-0.2, -0.15) is 0 Å². The molecule has 0 saturated carbocycles. The van der Waals surface area contributed by atoms with Crippen molar-refractivity contribution < 1.29 is 9.59 Å². The van der Waals surface area contributed by atoms with Crippen LogP contribution in [0.5, 0.6) is 0 Å². The van der Waals surface area contributed by atoms with Gasteiger partial charge in [-0.3, -0.25) is 14.6 Å². The van der Waals surface area contributed by atoms with E-state index in [1.807, 2.05) is 11.8 Å². The molecule has 2 aromatic rings. The lowest BCUT2D eigenvalue weighted by atomic mass is 10.0. The Kier molecular flexibility index (Phi) is 5.08. The summed E-state index contributed by atoms with van der Waals surface area (Å²) in [5.74, 6) is 0.412. The number of amides is 2. The molecule has 0 bridgehead atoms. The summed E-state index contributed by atoms with van der Waals surface area (Å²) >= 11 is 1.40. The molecule has 25 heavy (non-hydrogen) atoms. The molecule has 8 heteroatoms. The molecule has 0 radical (unpaired) electrons. The first kappa shape index (κ1) is 17.5. The Morgan fingerprint density at radius 1 is 1.32 bits per heavy atom. The number of anilines is 1. The average Bonchev–Trinajstić information content (AvgIpc) is 3.14. The van der Waals surface area contributed by atoms with Gasteiger partial charge in [0.1, 0.15) is 5.69 Å². The highest BCUT2D eigenvalue weighted by Crippen LogP contribution is 2.31. The molecule has 2 aromatic heterocycles. The van der Waals surface area contributed by atoms with Gasteiger partial charge in [-0.05, 0) is 25.7 Å². The van der Waals surface area contributed by atoms with Crippen molar-refractivity contribution in [3.05, 3.63) is 23.8 Å². The molecule has 0 aromatic carbocycles. The normalized spacial score (nSPS) is 16.9. The van der Waals surface area contributed by atoms with Crippen LogP contribution in [0.25, 0.3) is 10.6 Å². The Hall–Kier alpha value is -2.35. The molecule has 1 fully saturated rings. The summed E-state index contributed by atoms with van der Waals surface area (Å²) in [6, 6.07) is 0. The SMILES string of the molecule is CC(=O)Nc1nc(C)c(-c2cncc(CC3CCN(C(C)=O)C3)n2)s1. The highest BCUT2D eigenvalue weighted by molar-refractivity contribution is 7.19. The van der Waals surface area contributed by atoms with Crippen LogP contribution in [0.4, 0.5) is 5.13 Å². The molecule has 1 aliphatic rings. The van der Waals surface area contributed by atoms with Crippen LogP contribution in [-0.2, 0) is 16.0 Å². The molecule has 0 spiro atoms. The molecular formula is C17H21N5O2S. The molecular weight excluding hydrogens is 338 g/mol. The average molecular weight is 359 g/mol. The van der Waals surface area contributed by atoms with E-state index in [1.54, 1.807) is 19.3 Å². The Morgan fingerprint density at radius 3 is 2.80 bits per heavy atom. The van der Waals surface area contributed by atoms with E-state index in [4.69, 9.17) is 4.98 Å². The molecule has 1 aliphatic heterocycles. The van der Waals surface area contributed by atoms with Crippen LogP contribution in [0, 0.1) is 12.8 Å². The highest BCUT2D eigenvalue weighted by Gasteiger charge is 2.25. The van der Waals surface area contributed by atoms with Crippen LogP contribution in [0.1, 0.15) is 31.7 Å². The largest absolute Gasteiger partial charge is 0.343 e. The van der Waals surface area contributed by atoms with Gasteiger partial charge in [-0.15, -0.1) is 0 Å². The van der Waals surface area contributed by atoms with Crippen molar-refractivity contribution in [2.24, 2.45) is 5.92 Å². The zero-order valence-electron chi connectivity index (χ0n) is 14.6. The lowest BCUT2D eigenvalue weighted by Gasteiger charge is -2.13. The predicted molar refractivity (Wildman–Crippen MR) is 96.2 cm³/mol. The van der Waals surface area contributed by atoms with Crippen molar-refractivity contribution in [1.82, 2.24) is 19.9 Å². The zero-order valence-corrected chi connectivity index (χ0v) is 15.4. The van der Waals surface area contributed by atoms with Gasteiger partial charge < -0.3 is 10.2 Å². The smallest absolute Gasteiger partial charge is 0.223 e. The Labute approximate surface area is 150 Å². The molecule has 3 rings (SSSR count). The van der Waals surface area contributed by atoms with Crippen LogP contribution in [0.3, 0.4) is 0 Å². The lowest BCUT2D eigenvalue weighted by molar-refractivity contribution is -0.127. The van der Waals surface area contributed by atoms with Crippen LogP contribution in [0.15, 0.2) is 12.4 Å². The standard InChI is InChI=1S/C17H21N5O2S/c1-10-16(25-17(19-10)20-11(2)23)15-8-18-7-14(21-15)6-13-4-5-22(9-13)12(3)24/h7-8,13H,4-6,9H2,1-3H3,(H,19,20,23). The highest BCUT2D eigenvalue weighted by atomic mass is 32.1. The molecule has 1 saturated heterocycles. The van der Waals surface area contributed by atoms with Crippen molar-refractivity contribution >= 4 is 28.3 Å². The first-order valence-corrected chi connectivity index (χ1v) is 9.06. The summed E-state index contributed by atoms with van der Waals surface area (Å²) in [5, 5.41) is 3.28. The molecule has 0 aliphatic carbocycles. The Balaban J connectivity index is 1.75. The van der Waals surface area contributed by atoms with E-state index < -0.39 is 0 Å². The van der Waals surface area contributed by atoms with Crippen LogP contribution < -0.4 is 5.32 Å². The fraction of sp³-hybridized carbons (Fsp3) is 0.471. The molecule has 1 N–H and O–H groups in total. The monoisotopic (exact) mass is 359 g/mol. The van der Waals surface area contributed by atoms with E-state index >= 15 is 0 Å². The van der Waals surface area contributed by atoms with Gasteiger partial charge in [0.05, 0.1) is 22.5 Å². The maximum atomic E-state index is 11.5. The fourth-order valence-corrected chi connectivity index (χ4v) is 4.00. The maximum absolute atomic E-state index is 11.5. The van der Waals surface area contributed by atoms with E-state index in [9.17, 15) is 9.59 Å². The number of carbonyl (C=O) groups is 2. The summed E-state index contributed by atoms with van der Waals surface area (Å²) in [7, 11) is 0. The minimum Gasteiger partial charge on any atom is -0.343 e. The number of rotatable bonds is 4. The molecule has 132 valence electrons. The number of nitrogens with zero attached hydrogens (tertiary/aromatic N) is 4. The van der Waals surface area contributed by atoms with E-state index in [1.165, 1.54) is 18.3 Å². The number of hydrogen-bond donors (Lipinski definition) is 1. The first-order valence-electron chi connectivity index (χ1n) is 8.24. The predicted octanol–water partition coefficient (Wildman–Crippen LogP) is 2.28. The minimum atomic E-state index is -0.142. The molecule has 7 nitrogen and oxygen atoms in total. The maximum Gasteiger partial charge on any atom is 0.223 e. The molecule has 3 heterocycles. The number of hydrogen-bond acceptors (Lipinski definition) is 6. The van der Waals surface area contributed by atoms with Crippen molar-refractivity contribution in [3.63, 3.8) is 0 Å². The molecule has 2 amide bonds. The third-order valence-electron chi connectivity index (χ3n) is 4.23. The number of aryl methyl sites for hydroxylation is 1.